The molecule has 0 amide bonds. The predicted molar refractivity (Wildman–Crippen MR) is 65.6 cm³/mol. The molecule has 2 atom stereocenters. The first kappa shape index (κ1) is 14.6. The van der Waals surface area contributed by atoms with E-state index in [1.54, 1.807) is 12.1 Å². The Hall–Kier alpha value is -1.44. The van der Waals surface area contributed by atoms with E-state index >= 15 is 0 Å². The van der Waals surface area contributed by atoms with Crippen molar-refractivity contribution in [3.05, 3.63) is 21.9 Å². The molecular formula is C11H15NO5S. The number of hydrogen-bond acceptors (Lipinski definition) is 6. The Morgan fingerprint density at radius 1 is 1.50 bits per heavy atom. The Balaban J connectivity index is 2.40. The number of aliphatic carboxylic acids is 1. The lowest BCUT2D eigenvalue weighted by atomic mass is 10.1. The Labute approximate surface area is 108 Å². The minimum Gasteiger partial charge on any atom is -0.481 e. The Kier molecular flexibility index (Phi) is 5.26. The minimum atomic E-state index is -1.19. The van der Waals surface area contributed by atoms with E-state index in [4.69, 9.17) is 15.6 Å². The zero-order chi connectivity index (χ0) is 13.7. The van der Waals surface area contributed by atoms with Crippen LogP contribution in [0, 0.1) is 6.92 Å². The maximum atomic E-state index is 11.5. The number of esters is 1. The van der Waals surface area contributed by atoms with Gasteiger partial charge in [-0.1, -0.05) is 0 Å². The summed E-state index contributed by atoms with van der Waals surface area (Å²) < 4.78 is 4.85. The number of carboxylic acid groups (broad SMARTS) is 1. The SMILES string of the molecule is Cc1ccc(C(=O)OC[C@@H](O)[C@@H](N)CC(=O)O)s1. The van der Waals surface area contributed by atoms with Gasteiger partial charge in [0.25, 0.3) is 0 Å². The molecule has 0 saturated carbocycles. The molecule has 0 aromatic carbocycles. The molecule has 0 saturated heterocycles. The van der Waals surface area contributed by atoms with E-state index in [1.807, 2.05) is 6.92 Å². The van der Waals surface area contributed by atoms with Gasteiger partial charge in [0.15, 0.2) is 0 Å². The fourth-order valence-electron chi connectivity index (χ4n) is 1.24. The summed E-state index contributed by atoms with van der Waals surface area (Å²) in [6.07, 6.45) is -1.57. The molecule has 7 heteroatoms. The molecule has 4 N–H and O–H groups in total. The maximum absolute atomic E-state index is 11.5. The van der Waals surface area contributed by atoms with Gasteiger partial charge < -0.3 is 20.7 Å². The van der Waals surface area contributed by atoms with Gasteiger partial charge in [-0.25, -0.2) is 4.79 Å². The molecule has 0 spiro atoms. The summed E-state index contributed by atoms with van der Waals surface area (Å²) in [5.41, 5.74) is 5.43. The van der Waals surface area contributed by atoms with Gasteiger partial charge in [-0.2, -0.15) is 0 Å². The van der Waals surface area contributed by atoms with Gasteiger partial charge >= 0.3 is 11.9 Å². The van der Waals surface area contributed by atoms with Crippen LogP contribution >= 0.6 is 11.3 Å². The number of thiophene rings is 1. The van der Waals surface area contributed by atoms with Crippen LogP contribution in [0.1, 0.15) is 21.0 Å². The third-order valence-electron chi connectivity index (χ3n) is 2.23. The van der Waals surface area contributed by atoms with E-state index < -0.39 is 24.1 Å². The van der Waals surface area contributed by atoms with Crippen molar-refractivity contribution in [3.63, 3.8) is 0 Å². The highest BCUT2D eigenvalue weighted by molar-refractivity contribution is 7.13. The van der Waals surface area contributed by atoms with Crippen LogP contribution in [0.4, 0.5) is 0 Å². The third kappa shape index (κ3) is 4.44. The molecule has 18 heavy (non-hydrogen) atoms. The van der Waals surface area contributed by atoms with Crippen molar-refractivity contribution in [1.82, 2.24) is 0 Å². The van der Waals surface area contributed by atoms with Gasteiger partial charge in [0.1, 0.15) is 17.6 Å². The average Bonchev–Trinajstić information content (AvgIpc) is 2.71. The van der Waals surface area contributed by atoms with E-state index in [0.29, 0.717) is 4.88 Å². The van der Waals surface area contributed by atoms with Crippen molar-refractivity contribution in [1.29, 1.82) is 0 Å². The highest BCUT2D eigenvalue weighted by Gasteiger charge is 2.20. The fraction of sp³-hybridized carbons (Fsp3) is 0.455. The molecule has 1 heterocycles. The zero-order valence-electron chi connectivity index (χ0n) is 9.83. The summed E-state index contributed by atoms with van der Waals surface area (Å²) in [6, 6.07) is 2.46. The van der Waals surface area contributed by atoms with E-state index in [9.17, 15) is 14.7 Å². The normalized spacial score (nSPS) is 13.9. The lowest BCUT2D eigenvalue weighted by Gasteiger charge is -2.16. The average molecular weight is 273 g/mol. The number of carboxylic acids is 1. The molecule has 0 aliphatic heterocycles. The number of rotatable bonds is 6. The molecule has 1 rings (SSSR count). The summed E-state index contributed by atoms with van der Waals surface area (Å²) in [7, 11) is 0. The van der Waals surface area contributed by atoms with Crippen molar-refractivity contribution < 1.29 is 24.5 Å². The van der Waals surface area contributed by atoms with Crippen LogP contribution in [0.25, 0.3) is 0 Å². The van der Waals surface area contributed by atoms with Crippen LogP contribution in [-0.4, -0.2) is 40.9 Å². The van der Waals surface area contributed by atoms with Crippen LogP contribution in [0.2, 0.25) is 0 Å². The number of ether oxygens (including phenoxy) is 1. The number of aliphatic hydroxyl groups is 1. The maximum Gasteiger partial charge on any atom is 0.348 e. The first-order valence-electron chi connectivity index (χ1n) is 5.29. The van der Waals surface area contributed by atoms with Crippen molar-refractivity contribution >= 4 is 23.3 Å². The number of nitrogens with two attached hydrogens (primary N) is 1. The number of carbonyl (C=O) groups is 2. The van der Waals surface area contributed by atoms with Gasteiger partial charge in [0.2, 0.25) is 0 Å². The van der Waals surface area contributed by atoms with Crippen LogP contribution in [0.3, 0.4) is 0 Å². The summed E-state index contributed by atoms with van der Waals surface area (Å²) in [6.45, 7) is 1.54. The van der Waals surface area contributed by atoms with Gasteiger partial charge in [0.05, 0.1) is 6.42 Å². The molecule has 0 aliphatic rings. The largest absolute Gasteiger partial charge is 0.481 e. The van der Waals surface area contributed by atoms with Gasteiger partial charge in [-0.05, 0) is 19.1 Å². The van der Waals surface area contributed by atoms with Crippen LogP contribution in [0.5, 0.6) is 0 Å². The molecule has 0 aliphatic carbocycles. The van der Waals surface area contributed by atoms with E-state index in [0.717, 1.165) is 4.88 Å². The Morgan fingerprint density at radius 2 is 2.17 bits per heavy atom. The Bertz CT molecular complexity index is 431. The summed E-state index contributed by atoms with van der Waals surface area (Å²) in [5.74, 6) is -1.66. The molecular weight excluding hydrogens is 258 g/mol. The molecule has 6 nitrogen and oxygen atoms in total. The fourth-order valence-corrected chi connectivity index (χ4v) is 2.00. The van der Waals surface area contributed by atoms with Gasteiger partial charge in [-0.3, -0.25) is 4.79 Å². The zero-order valence-corrected chi connectivity index (χ0v) is 10.6. The third-order valence-corrected chi connectivity index (χ3v) is 3.21. The standard InChI is InChI=1S/C11H15NO5S/c1-6-2-3-9(18-6)11(16)17-5-8(13)7(12)4-10(14)15/h2-3,7-8,13H,4-5,12H2,1H3,(H,14,15)/t7-,8+/m0/s1. The number of hydrogen-bond donors (Lipinski definition) is 3. The van der Waals surface area contributed by atoms with E-state index in [2.05, 4.69) is 0 Å². The molecule has 100 valence electrons. The molecule has 1 aromatic rings. The van der Waals surface area contributed by atoms with Crippen LogP contribution < -0.4 is 5.73 Å². The topological polar surface area (TPSA) is 110 Å². The minimum absolute atomic E-state index is 0.315. The lowest BCUT2D eigenvalue weighted by Crippen LogP contribution is -2.40. The van der Waals surface area contributed by atoms with Gasteiger partial charge in [-0.15, -0.1) is 11.3 Å². The van der Waals surface area contributed by atoms with Crippen molar-refractivity contribution in [2.24, 2.45) is 5.73 Å². The predicted octanol–water partition coefficient (Wildman–Crippen LogP) is 0.376. The molecule has 1 aromatic heterocycles. The first-order chi connectivity index (χ1) is 8.40. The molecule has 0 fully saturated rings. The second-order valence-electron chi connectivity index (χ2n) is 3.84. The summed E-state index contributed by atoms with van der Waals surface area (Å²) >= 11 is 1.29. The number of aryl methyl sites for hydroxylation is 1. The van der Waals surface area contributed by atoms with Crippen LogP contribution in [-0.2, 0) is 9.53 Å². The smallest absolute Gasteiger partial charge is 0.348 e. The second-order valence-corrected chi connectivity index (χ2v) is 5.13. The number of aliphatic hydroxyl groups excluding tert-OH is 1. The molecule has 0 radical (unpaired) electrons. The van der Waals surface area contributed by atoms with Crippen molar-refractivity contribution in [3.8, 4) is 0 Å². The summed E-state index contributed by atoms with van der Waals surface area (Å²) in [5, 5.41) is 18.0. The summed E-state index contributed by atoms with van der Waals surface area (Å²) in [4.78, 5) is 23.3. The molecule has 0 bridgehead atoms. The highest BCUT2D eigenvalue weighted by atomic mass is 32.1. The van der Waals surface area contributed by atoms with E-state index in [-0.39, 0.29) is 13.0 Å². The second kappa shape index (κ2) is 6.48. The van der Waals surface area contributed by atoms with E-state index in [1.165, 1.54) is 11.3 Å². The molecule has 0 unspecified atom stereocenters. The quantitative estimate of drug-likeness (QED) is 0.646. The lowest BCUT2D eigenvalue weighted by molar-refractivity contribution is -0.138. The first-order valence-corrected chi connectivity index (χ1v) is 6.10. The van der Waals surface area contributed by atoms with Crippen molar-refractivity contribution in [2.45, 2.75) is 25.5 Å². The Morgan fingerprint density at radius 3 is 2.67 bits per heavy atom. The number of carbonyl (C=O) groups excluding carboxylic acids is 1. The highest BCUT2D eigenvalue weighted by Crippen LogP contribution is 2.16. The monoisotopic (exact) mass is 273 g/mol. The van der Waals surface area contributed by atoms with Crippen molar-refractivity contribution in [2.75, 3.05) is 6.61 Å². The van der Waals surface area contributed by atoms with Gasteiger partial charge in [0, 0.05) is 10.9 Å². The van der Waals surface area contributed by atoms with Crippen LogP contribution in [0.15, 0.2) is 12.1 Å².